The highest BCUT2D eigenvalue weighted by atomic mass is 15.3. The molecule has 1 aliphatic heterocycles. The highest BCUT2D eigenvalue weighted by Crippen LogP contribution is 2.22. The summed E-state index contributed by atoms with van der Waals surface area (Å²) in [6.07, 6.45) is 4.25. The second kappa shape index (κ2) is 9.55. The Bertz CT molecular complexity index is 972. The molecule has 0 amide bonds. The fourth-order valence-corrected chi connectivity index (χ4v) is 3.63. The molecule has 156 valence electrons. The number of nitriles is 1. The molecule has 30 heavy (non-hydrogen) atoms. The number of rotatable bonds is 7. The molecule has 0 unspecified atom stereocenters. The summed E-state index contributed by atoms with van der Waals surface area (Å²) in [6.45, 7) is 16.1. The minimum atomic E-state index is 0.460. The van der Waals surface area contributed by atoms with Crippen molar-refractivity contribution in [2.24, 2.45) is 5.92 Å². The van der Waals surface area contributed by atoms with Crippen LogP contribution in [0.5, 0.6) is 0 Å². The van der Waals surface area contributed by atoms with Crippen LogP contribution in [0, 0.1) is 17.2 Å². The average Bonchev–Trinajstić information content (AvgIpc) is 2.71. The van der Waals surface area contributed by atoms with Gasteiger partial charge in [-0.3, -0.25) is 4.90 Å². The summed E-state index contributed by atoms with van der Waals surface area (Å²) >= 11 is 0. The van der Waals surface area contributed by atoms with Crippen LogP contribution in [0.25, 0.3) is 6.08 Å². The quantitative estimate of drug-likeness (QED) is 0.749. The molecule has 0 aliphatic carbocycles. The molecule has 2 aromatic heterocycles. The number of aromatic nitrogens is 2. The maximum absolute atomic E-state index is 9.33. The summed E-state index contributed by atoms with van der Waals surface area (Å²) in [7, 11) is 2.11. The Kier molecular flexibility index (Phi) is 6.86. The molecule has 1 saturated heterocycles. The van der Waals surface area contributed by atoms with Crippen molar-refractivity contribution in [1.29, 1.82) is 5.26 Å². The Morgan fingerprint density at radius 2 is 2.07 bits per heavy atom. The first kappa shape index (κ1) is 21.5. The Morgan fingerprint density at radius 1 is 1.27 bits per heavy atom. The van der Waals surface area contributed by atoms with Crippen LogP contribution >= 0.6 is 0 Å². The lowest BCUT2D eigenvalue weighted by molar-refractivity contribution is 0.198. The van der Waals surface area contributed by atoms with Gasteiger partial charge in [-0.1, -0.05) is 33.1 Å². The van der Waals surface area contributed by atoms with Crippen molar-refractivity contribution in [2.45, 2.75) is 26.8 Å². The monoisotopic (exact) mass is 402 g/mol. The first-order chi connectivity index (χ1) is 14.4. The SMILES string of the molecule is C=Cc1nc(Nc2cc(CC(C)C)c(C#N)cn2)ccc1CN1CCN(C)CC1=C. The number of anilines is 2. The Balaban J connectivity index is 1.77. The van der Waals surface area contributed by atoms with Crippen molar-refractivity contribution < 1.29 is 0 Å². The van der Waals surface area contributed by atoms with Gasteiger partial charge in [0.05, 0.1) is 11.3 Å². The molecule has 1 fully saturated rings. The summed E-state index contributed by atoms with van der Waals surface area (Å²) < 4.78 is 0. The minimum Gasteiger partial charge on any atom is -0.369 e. The van der Waals surface area contributed by atoms with E-state index < -0.39 is 0 Å². The van der Waals surface area contributed by atoms with Gasteiger partial charge in [0.15, 0.2) is 0 Å². The van der Waals surface area contributed by atoms with E-state index in [1.807, 2.05) is 12.1 Å². The topological polar surface area (TPSA) is 68.1 Å². The number of piperazine rings is 1. The zero-order valence-corrected chi connectivity index (χ0v) is 18.1. The van der Waals surface area contributed by atoms with E-state index >= 15 is 0 Å². The molecule has 3 rings (SSSR count). The van der Waals surface area contributed by atoms with Crippen LogP contribution < -0.4 is 5.32 Å². The number of hydrogen-bond acceptors (Lipinski definition) is 6. The fraction of sp³-hybridized carbons (Fsp3) is 0.375. The molecule has 0 spiro atoms. The molecule has 0 aromatic carbocycles. The molecule has 6 heteroatoms. The van der Waals surface area contributed by atoms with Gasteiger partial charge in [-0.2, -0.15) is 5.26 Å². The van der Waals surface area contributed by atoms with Crippen LogP contribution in [0.15, 0.2) is 43.3 Å². The van der Waals surface area contributed by atoms with Gasteiger partial charge in [0.25, 0.3) is 0 Å². The first-order valence-corrected chi connectivity index (χ1v) is 10.3. The van der Waals surface area contributed by atoms with E-state index in [9.17, 15) is 5.26 Å². The largest absolute Gasteiger partial charge is 0.369 e. The minimum absolute atomic E-state index is 0.460. The zero-order valence-electron chi connectivity index (χ0n) is 18.1. The van der Waals surface area contributed by atoms with Crippen molar-refractivity contribution in [3.8, 4) is 6.07 Å². The van der Waals surface area contributed by atoms with E-state index in [-0.39, 0.29) is 0 Å². The van der Waals surface area contributed by atoms with Crippen molar-refractivity contribution in [1.82, 2.24) is 19.8 Å². The molecule has 2 aromatic rings. The summed E-state index contributed by atoms with van der Waals surface area (Å²) in [5, 5.41) is 12.6. The van der Waals surface area contributed by atoms with Gasteiger partial charge in [0.2, 0.25) is 0 Å². The van der Waals surface area contributed by atoms with Gasteiger partial charge in [-0.05, 0) is 48.7 Å². The number of nitrogens with one attached hydrogen (secondary N) is 1. The smallest absolute Gasteiger partial charge is 0.132 e. The number of likely N-dealkylation sites (N-methyl/N-ethyl adjacent to an activating group) is 1. The molecule has 0 bridgehead atoms. The van der Waals surface area contributed by atoms with E-state index in [1.165, 1.54) is 0 Å². The average molecular weight is 403 g/mol. The van der Waals surface area contributed by atoms with Gasteiger partial charge in [0.1, 0.15) is 17.7 Å². The third-order valence-electron chi connectivity index (χ3n) is 5.21. The molecule has 1 aliphatic rings. The summed E-state index contributed by atoms with van der Waals surface area (Å²) in [5.74, 6) is 1.85. The van der Waals surface area contributed by atoms with E-state index in [1.54, 1.807) is 12.3 Å². The molecular weight excluding hydrogens is 372 g/mol. The standard InChI is InChI=1S/C24H30N6/c1-6-22-19(16-30-10-9-29(5)15-18(30)4)7-8-23(27-22)28-24-12-20(11-17(2)3)21(13-25)14-26-24/h6-8,12,14,17H,1,4,9-11,15-16H2,2-3,5H3,(H,26,27,28). The van der Waals surface area contributed by atoms with Crippen LogP contribution in [-0.2, 0) is 13.0 Å². The van der Waals surface area contributed by atoms with E-state index in [2.05, 4.69) is 66.3 Å². The van der Waals surface area contributed by atoms with Gasteiger partial charge in [0, 0.05) is 38.1 Å². The van der Waals surface area contributed by atoms with Gasteiger partial charge >= 0.3 is 0 Å². The van der Waals surface area contributed by atoms with Crippen LogP contribution in [0.3, 0.4) is 0 Å². The van der Waals surface area contributed by atoms with Crippen molar-refractivity contribution >= 4 is 17.7 Å². The fourth-order valence-electron chi connectivity index (χ4n) is 3.63. The highest BCUT2D eigenvalue weighted by Gasteiger charge is 2.18. The Morgan fingerprint density at radius 3 is 2.73 bits per heavy atom. The Labute approximate surface area is 179 Å². The van der Waals surface area contributed by atoms with Gasteiger partial charge in [-0.15, -0.1) is 0 Å². The number of hydrogen-bond donors (Lipinski definition) is 1. The van der Waals surface area contributed by atoms with Crippen LogP contribution in [0.4, 0.5) is 11.6 Å². The molecule has 0 atom stereocenters. The van der Waals surface area contributed by atoms with E-state index in [0.29, 0.717) is 23.1 Å². The molecule has 0 radical (unpaired) electrons. The maximum atomic E-state index is 9.33. The predicted molar refractivity (Wildman–Crippen MR) is 122 cm³/mol. The van der Waals surface area contributed by atoms with Gasteiger partial charge in [-0.25, -0.2) is 9.97 Å². The summed E-state index contributed by atoms with van der Waals surface area (Å²) in [4.78, 5) is 13.7. The van der Waals surface area contributed by atoms with Crippen LogP contribution in [0.2, 0.25) is 0 Å². The number of nitrogens with zero attached hydrogens (tertiary/aromatic N) is 5. The molecule has 0 saturated carbocycles. The third-order valence-corrected chi connectivity index (χ3v) is 5.21. The predicted octanol–water partition coefficient (Wildman–Crippen LogP) is 4.19. The lowest BCUT2D eigenvalue weighted by Crippen LogP contribution is -2.42. The zero-order chi connectivity index (χ0) is 21.7. The normalized spacial score (nSPS) is 14.6. The van der Waals surface area contributed by atoms with Crippen molar-refractivity contribution in [3.05, 3.63) is 65.6 Å². The maximum Gasteiger partial charge on any atom is 0.132 e. The van der Waals surface area contributed by atoms with E-state index in [4.69, 9.17) is 4.98 Å². The number of pyridine rings is 2. The van der Waals surface area contributed by atoms with Crippen molar-refractivity contribution in [3.63, 3.8) is 0 Å². The first-order valence-electron chi connectivity index (χ1n) is 10.3. The lowest BCUT2D eigenvalue weighted by atomic mass is 10.00. The molecule has 6 nitrogen and oxygen atoms in total. The molecule has 3 heterocycles. The van der Waals surface area contributed by atoms with Gasteiger partial charge < -0.3 is 10.2 Å². The molecular formula is C24H30N6. The van der Waals surface area contributed by atoms with Crippen LogP contribution in [0.1, 0.15) is 36.2 Å². The Hall–Kier alpha value is -3.17. The summed E-state index contributed by atoms with van der Waals surface area (Å²) in [5.41, 5.74) is 4.72. The lowest BCUT2D eigenvalue weighted by Gasteiger charge is -2.36. The van der Waals surface area contributed by atoms with Crippen LogP contribution in [-0.4, -0.2) is 46.4 Å². The third kappa shape index (κ3) is 5.25. The van der Waals surface area contributed by atoms with E-state index in [0.717, 1.165) is 55.1 Å². The second-order valence-corrected chi connectivity index (χ2v) is 8.23. The molecule has 1 N–H and O–H groups in total. The second-order valence-electron chi connectivity index (χ2n) is 8.23. The highest BCUT2D eigenvalue weighted by molar-refractivity contribution is 5.58. The van der Waals surface area contributed by atoms with Crippen molar-refractivity contribution in [2.75, 3.05) is 32.0 Å². The summed E-state index contributed by atoms with van der Waals surface area (Å²) in [6, 6.07) is 8.21.